The van der Waals surface area contributed by atoms with Crippen molar-refractivity contribution in [3.63, 3.8) is 0 Å². The average molecular weight is 325 g/mol. The molecule has 0 saturated carbocycles. The van der Waals surface area contributed by atoms with Crippen LogP contribution in [-0.2, 0) is 9.53 Å². The summed E-state index contributed by atoms with van der Waals surface area (Å²) in [4.78, 5) is 24.8. The first-order valence-corrected chi connectivity index (χ1v) is 7.88. The Bertz CT molecular complexity index is 726. The highest BCUT2D eigenvalue weighted by Crippen LogP contribution is 2.46. The first-order valence-electron chi connectivity index (χ1n) is 7.88. The zero-order valence-electron chi connectivity index (χ0n) is 13.4. The molecule has 0 saturated heterocycles. The zero-order chi connectivity index (χ0) is 17.1. The van der Waals surface area contributed by atoms with Crippen LogP contribution in [0.25, 0.3) is 11.1 Å². The summed E-state index contributed by atoms with van der Waals surface area (Å²) in [7, 11) is 1.35. The van der Waals surface area contributed by atoms with Crippen molar-refractivity contribution >= 4 is 12.1 Å². The molecule has 1 aliphatic carbocycles. The summed E-state index contributed by atoms with van der Waals surface area (Å²) in [5.41, 5.74) is 4.29. The number of nitrogens with zero attached hydrogens (tertiary/aromatic N) is 1. The summed E-state index contributed by atoms with van der Waals surface area (Å²) in [5.74, 6) is -0.868. The van der Waals surface area contributed by atoms with Gasteiger partial charge in [-0.25, -0.2) is 4.79 Å². The van der Waals surface area contributed by atoms with E-state index >= 15 is 0 Å². The standard InChI is InChI=1S/C19H19NO4/c1-24-19(23)20(12-6-11-17(21)22)18-15-9-4-2-7-13(15)14-8-3-5-10-16(14)18/h2-5,7-10,18H,6,11-12H2,1H3,(H,21,22). The lowest BCUT2D eigenvalue weighted by Crippen LogP contribution is -2.35. The molecule has 1 N–H and O–H groups in total. The van der Waals surface area contributed by atoms with Crippen LogP contribution in [0.4, 0.5) is 4.79 Å². The molecule has 0 unspecified atom stereocenters. The Kier molecular flexibility index (Phi) is 4.51. The van der Waals surface area contributed by atoms with Gasteiger partial charge in [0, 0.05) is 13.0 Å². The van der Waals surface area contributed by atoms with E-state index in [4.69, 9.17) is 9.84 Å². The number of amides is 1. The van der Waals surface area contributed by atoms with E-state index in [0.717, 1.165) is 22.3 Å². The predicted octanol–water partition coefficient (Wildman–Crippen LogP) is 3.69. The fourth-order valence-corrected chi connectivity index (χ4v) is 3.31. The van der Waals surface area contributed by atoms with E-state index in [1.165, 1.54) is 7.11 Å². The Hall–Kier alpha value is -2.82. The van der Waals surface area contributed by atoms with Crippen molar-refractivity contribution in [3.05, 3.63) is 59.7 Å². The van der Waals surface area contributed by atoms with Crippen LogP contribution in [0.15, 0.2) is 48.5 Å². The van der Waals surface area contributed by atoms with Crippen molar-refractivity contribution in [2.45, 2.75) is 18.9 Å². The molecule has 5 nitrogen and oxygen atoms in total. The maximum atomic E-state index is 12.4. The van der Waals surface area contributed by atoms with Crippen LogP contribution in [0, 0.1) is 0 Å². The summed E-state index contributed by atoms with van der Waals surface area (Å²) >= 11 is 0. The van der Waals surface area contributed by atoms with Crippen LogP contribution in [0.5, 0.6) is 0 Å². The van der Waals surface area contributed by atoms with Gasteiger partial charge in [-0.05, 0) is 28.7 Å². The van der Waals surface area contributed by atoms with Crippen molar-refractivity contribution in [3.8, 4) is 11.1 Å². The Morgan fingerprint density at radius 1 is 1.04 bits per heavy atom. The topological polar surface area (TPSA) is 66.8 Å². The van der Waals surface area contributed by atoms with Crippen LogP contribution < -0.4 is 0 Å². The molecule has 124 valence electrons. The molecule has 24 heavy (non-hydrogen) atoms. The van der Waals surface area contributed by atoms with Crippen molar-refractivity contribution in [2.75, 3.05) is 13.7 Å². The number of fused-ring (bicyclic) bond motifs is 3. The number of ether oxygens (including phenoxy) is 1. The number of carbonyl (C=O) groups is 2. The maximum absolute atomic E-state index is 12.4. The number of carboxylic acid groups (broad SMARTS) is 1. The molecule has 0 radical (unpaired) electrons. The molecule has 1 aliphatic rings. The number of rotatable bonds is 5. The van der Waals surface area contributed by atoms with Crippen molar-refractivity contribution < 1.29 is 19.4 Å². The largest absolute Gasteiger partial charge is 0.481 e. The highest BCUT2D eigenvalue weighted by molar-refractivity contribution is 5.81. The van der Waals surface area contributed by atoms with E-state index < -0.39 is 12.1 Å². The average Bonchev–Trinajstić information content (AvgIpc) is 2.92. The molecule has 2 aromatic rings. The van der Waals surface area contributed by atoms with Crippen LogP contribution in [0.1, 0.15) is 30.0 Å². The molecule has 1 amide bonds. The Morgan fingerprint density at radius 2 is 1.58 bits per heavy atom. The van der Waals surface area contributed by atoms with Crippen LogP contribution in [-0.4, -0.2) is 35.7 Å². The number of hydrogen-bond acceptors (Lipinski definition) is 3. The number of carbonyl (C=O) groups excluding carboxylic acids is 1. The summed E-state index contributed by atoms with van der Waals surface area (Å²) in [6.45, 7) is 0.326. The minimum Gasteiger partial charge on any atom is -0.481 e. The van der Waals surface area contributed by atoms with Gasteiger partial charge >= 0.3 is 12.1 Å². The zero-order valence-corrected chi connectivity index (χ0v) is 13.4. The van der Waals surface area contributed by atoms with Gasteiger partial charge in [0.15, 0.2) is 0 Å². The SMILES string of the molecule is COC(=O)N(CCCC(=O)O)C1c2ccccc2-c2ccccc21. The maximum Gasteiger partial charge on any atom is 0.410 e. The van der Waals surface area contributed by atoms with Gasteiger partial charge in [0.25, 0.3) is 0 Å². The number of aliphatic carboxylic acids is 1. The first-order chi connectivity index (χ1) is 11.6. The Balaban J connectivity index is 2.00. The number of benzene rings is 2. The third-order valence-electron chi connectivity index (χ3n) is 4.31. The van der Waals surface area contributed by atoms with Crippen molar-refractivity contribution in [2.24, 2.45) is 0 Å². The van der Waals surface area contributed by atoms with E-state index in [1.807, 2.05) is 48.5 Å². The lowest BCUT2D eigenvalue weighted by molar-refractivity contribution is -0.137. The molecule has 0 fully saturated rings. The molecule has 0 bridgehead atoms. The lowest BCUT2D eigenvalue weighted by atomic mass is 10.0. The molecule has 0 aromatic heterocycles. The van der Waals surface area contributed by atoms with Gasteiger partial charge in [-0.3, -0.25) is 9.69 Å². The monoisotopic (exact) mass is 325 g/mol. The molecule has 2 aromatic carbocycles. The van der Waals surface area contributed by atoms with Gasteiger partial charge in [-0.15, -0.1) is 0 Å². The van der Waals surface area contributed by atoms with Gasteiger partial charge in [0.1, 0.15) is 0 Å². The molecule has 0 spiro atoms. The highest BCUT2D eigenvalue weighted by atomic mass is 16.5. The molecule has 0 heterocycles. The van der Waals surface area contributed by atoms with Crippen LogP contribution in [0.2, 0.25) is 0 Å². The summed E-state index contributed by atoms with van der Waals surface area (Å²) in [5, 5.41) is 8.87. The van der Waals surface area contributed by atoms with Gasteiger partial charge in [-0.2, -0.15) is 0 Å². The van der Waals surface area contributed by atoms with Gasteiger partial charge in [0.2, 0.25) is 0 Å². The van der Waals surface area contributed by atoms with Crippen molar-refractivity contribution in [1.29, 1.82) is 0 Å². The van der Waals surface area contributed by atoms with Crippen LogP contribution in [0.3, 0.4) is 0 Å². The number of hydrogen-bond donors (Lipinski definition) is 1. The van der Waals surface area contributed by atoms with Crippen LogP contribution >= 0.6 is 0 Å². The van der Waals surface area contributed by atoms with Gasteiger partial charge in [-0.1, -0.05) is 48.5 Å². The van der Waals surface area contributed by atoms with E-state index in [-0.39, 0.29) is 12.5 Å². The minimum atomic E-state index is -0.868. The van der Waals surface area contributed by atoms with E-state index in [9.17, 15) is 9.59 Å². The number of methoxy groups -OCH3 is 1. The second-order valence-electron chi connectivity index (χ2n) is 5.74. The second kappa shape index (κ2) is 6.74. The molecule has 0 atom stereocenters. The molecule has 3 rings (SSSR count). The summed E-state index contributed by atoms with van der Waals surface area (Å²) in [6.07, 6.45) is -0.0497. The predicted molar refractivity (Wildman–Crippen MR) is 89.7 cm³/mol. The summed E-state index contributed by atoms with van der Waals surface area (Å²) in [6, 6.07) is 15.7. The first kappa shape index (κ1) is 16.1. The Labute approximate surface area is 140 Å². The highest BCUT2D eigenvalue weighted by Gasteiger charge is 2.35. The van der Waals surface area contributed by atoms with E-state index in [0.29, 0.717) is 13.0 Å². The molecular weight excluding hydrogens is 306 g/mol. The van der Waals surface area contributed by atoms with Gasteiger partial charge in [0.05, 0.1) is 13.2 Å². The fourth-order valence-electron chi connectivity index (χ4n) is 3.31. The minimum absolute atomic E-state index is 0.0174. The van der Waals surface area contributed by atoms with E-state index in [1.54, 1.807) is 4.90 Å². The van der Waals surface area contributed by atoms with Crippen molar-refractivity contribution in [1.82, 2.24) is 4.90 Å². The summed E-state index contributed by atoms with van der Waals surface area (Å²) < 4.78 is 4.95. The molecule has 5 heteroatoms. The quantitative estimate of drug-likeness (QED) is 0.910. The second-order valence-corrected chi connectivity index (χ2v) is 5.74. The Morgan fingerprint density at radius 3 is 2.08 bits per heavy atom. The lowest BCUT2D eigenvalue weighted by Gasteiger charge is -2.29. The third-order valence-corrected chi connectivity index (χ3v) is 4.31. The molecule has 0 aliphatic heterocycles. The molecular formula is C19H19NO4. The third kappa shape index (κ3) is 2.85. The normalized spacial score (nSPS) is 12.4. The van der Waals surface area contributed by atoms with Gasteiger partial charge < -0.3 is 9.84 Å². The fraction of sp³-hybridized carbons (Fsp3) is 0.263. The number of carboxylic acids is 1. The van der Waals surface area contributed by atoms with E-state index in [2.05, 4.69) is 0 Å². The smallest absolute Gasteiger partial charge is 0.410 e.